The Labute approximate surface area is 231 Å². The van der Waals surface area contributed by atoms with Gasteiger partial charge in [0.1, 0.15) is 23.5 Å². The summed E-state index contributed by atoms with van der Waals surface area (Å²) in [6.07, 6.45) is 6.31. The number of carbonyl (C=O) groups excluding carboxylic acids is 1. The number of nitrogens with zero attached hydrogens (tertiary/aromatic N) is 6. The van der Waals surface area contributed by atoms with Gasteiger partial charge in [0.25, 0.3) is 0 Å². The Bertz CT molecular complexity index is 1660. The minimum atomic E-state index is 0.117. The van der Waals surface area contributed by atoms with Crippen LogP contribution in [0.25, 0.3) is 33.3 Å². The van der Waals surface area contributed by atoms with Crippen molar-refractivity contribution in [3.8, 4) is 11.3 Å². The van der Waals surface area contributed by atoms with Gasteiger partial charge in [-0.1, -0.05) is 18.2 Å². The molecule has 6 rings (SSSR count). The summed E-state index contributed by atoms with van der Waals surface area (Å²) in [4.78, 5) is 31.0. The zero-order valence-corrected chi connectivity index (χ0v) is 22.5. The Morgan fingerprint density at radius 1 is 1.07 bits per heavy atom. The van der Waals surface area contributed by atoms with Crippen molar-refractivity contribution < 1.29 is 14.3 Å². The number of anilines is 1. The Morgan fingerprint density at radius 3 is 2.88 bits per heavy atom. The molecule has 40 heavy (non-hydrogen) atoms. The van der Waals surface area contributed by atoms with Gasteiger partial charge in [0.15, 0.2) is 5.65 Å². The Hall–Kier alpha value is -4.35. The molecule has 5 aromatic rings. The molecule has 0 radical (unpaired) electrons. The number of amides is 1. The fourth-order valence-electron chi connectivity index (χ4n) is 5.18. The highest BCUT2D eigenvalue weighted by Gasteiger charge is 2.22. The molecular weight excluding hydrogens is 508 g/mol. The Morgan fingerprint density at radius 2 is 1.98 bits per heavy atom. The predicted molar refractivity (Wildman–Crippen MR) is 151 cm³/mol. The zero-order valence-electron chi connectivity index (χ0n) is 22.5. The number of ether oxygens (including phenoxy) is 2. The third kappa shape index (κ3) is 5.25. The topological polar surface area (TPSA) is 137 Å². The second kappa shape index (κ2) is 11.4. The van der Waals surface area contributed by atoms with E-state index in [2.05, 4.69) is 38.1 Å². The van der Waals surface area contributed by atoms with Crippen LogP contribution >= 0.6 is 0 Å². The third-order valence-corrected chi connectivity index (χ3v) is 7.24. The van der Waals surface area contributed by atoms with E-state index in [0.29, 0.717) is 75.0 Å². The van der Waals surface area contributed by atoms with Crippen LogP contribution in [0.15, 0.2) is 49.1 Å². The van der Waals surface area contributed by atoms with Crippen LogP contribution in [0.1, 0.15) is 30.0 Å². The molecule has 0 bridgehead atoms. The quantitative estimate of drug-likeness (QED) is 0.257. The number of benzene rings is 1. The summed E-state index contributed by atoms with van der Waals surface area (Å²) >= 11 is 0. The number of aromatic amines is 1. The van der Waals surface area contributed by atoms with Crippen molar-refractivity contribution in [3.63, 3.8) is 0 Å². The highest BCUT2D eigenvalue weighted by atomic mass is 16.5. The van der Waals surface area contributed by atoms with Gasteiger partial charge in [-0.15, -0.1) is 0 Å². The first kappa shape index (κ1) is 25.9. The highest BCUT2D eigenvalue weighted by molar-refractivity contribution is 5.99. The molecule has 0 saturated carbocycles. The largest absolute Gasteiger partial charge is 0.383 e. The molecule has 0 fully saturated rings. The average molecular weight is 541 g/mol. The van der Waals surface area contributed by atoms with Crippen molar-refractivity contribution in [1.29, 1.82) is 0 Å². The van der Waals surface area contributed by atoms with Gasteiger partial charge in [0.05, 0.1) is 38.2 Å². The van der Waals surface area contributed by atoms with Gasteiger partial charge in [-0.2, -0.15) is 5.10 Å². The molecule has 0 spiro atoms. The van der Waals surface area contributed by atoms with Crippen LogP contribution in [-0.2, 0) is 33.8 Å². The second-order valence-corrected chi connectivity index (χ2v) is 9.83. The second-order valence-electron chi connectivity index (χ2n) is 9.83. The lowest BCUT2D eigenvalue weighted by Gasteiger charge is -2.29. The third-order valence-electron chi connectivity index (χ3n) is 7.24. The number of H-pyrrole nitrogens is 1. The number of fused-ring (bicyclic) bond motifs is 3. The number of nitrogen functional groups attached to an aromatic ring is 1. The highest BCUT2D eigenvalue weighted by Crippen LogP contribution is 2.31. The molecule has 11 nitrogen and oxygen atoms in total. The van der Waals surface area contributed by atoms with E-state index < -0.39 is 0 Å². The van der Waals surface area contributed by atoms with Gasteiger partial charge in [-0.3, -0.25) is 4.79 Å². The summed E-state index contributed by atoms with van der Waals surface area (Å²) in [7, 11) is 0. The van der Waals surface area contributed by atoms with Crippen LogP contribution in [-0.4, -0.2) is 73.5 Å². The minimum Gasteiger partial charge on any atom is -0.383 e. The molecule has 0 saturated heterocycles. The summed E-state index contributed by atoms with van der Waals surface area (Å²) in [6, 6.07) is 10.4. The Kier molecular flexibility index (Phi) is 7.39. The summed E-state index contributed by atoms with van der Waals surface area (Å²) in [5.41, 5.74) is 12.9. The van der Waals surface area contributed by atoms with Gasteiger partial charge in [0, 0.05) is 43.0 Å². The summed E-state index contributed by atoms with van der Waals surface area (Å²) < 4.78 is 12.7. The van der Waals surface area contributed by atoms with Crippen LogP contribution in [0.5, 0.6) is 0 Å². The minimum absolute atomic E-state index is 0.117. The van der Waals surface area contributed by atoms with E-state index in [-0.39, 0.29) is 5.91 Å². The number of nitrogens with one attached hydrogen (secondary N) is 1. The monoisotopic (exact) mass is 540 g/mol. The van der Waals surface area contributed by atoms with E-state index in [9.17, 15) is 4.79 Å². The number of rotatable bonds is 10. The lowest BCUT2D eigenvalue weighted by Crippen LogP contribution is -2.36. The van der Waals surface area contributed by atoms with Gasteiger partial charge in [-0.25, -0.2) is 19.6 Å². The Balaban J connectivity index is 1.18. The number of pyridine rings is 1. The first-order chi connectivity index (χ1) is 19.6. The SMILES string of the molecule is CCOCCOCCC(=O)N1CCc2cc(Cn3nc(-c4cnc5[nH]ccc5c4)c4c(N)ncnc43)ccc2C1. The van der Waals surface area contributed by atoms with E-state index in [4.69, 9.17) is 20.3 Å². The molecule has 1 aromatic carbocycles. The van der Waals surface area contributed by atoms with Crippen LogP contribution < -0.4 is 5.73 Å². The average Bonchev–Trinajstić information content (AvgIpc) is 3.59. The number of carbonyl (C=O) groups is 1. The molecule has 1 aliphatic rings. The van der Waals surface area contributed by atoms with E-state index in [1.165, 1.54) is 17.5 Å². The van der Waals surface area contributed by atoms with E-state index in [1.54, 1.807) is 6.20 Å². The van der Waals surface area contributed by atoms with Crippen LogP contribution in [0, 0.1) is 0 Å². The first-order valence-electron chi connectivity index (χ1n) is 13.5. The van der Waals surface area contributed by atoms with E-state index >= 15 is 0 Å². The van der Waals surface area contributed by atoms with Crippen molar-refractivity contribution >= 4 is 33.8 Å². The molecule has 11 heteroatoms. The maximum Gasteiger partial charge on any atom is 0.225 e. The molecule has 206 valence electrons. The molecule has 0 atom stereocenters. The zero-order chi connectivity index (χ0) is 27.5. The predicted octanol–water partition coefficient (Wildman–Crippen LogP) is 3.33. The first-order valence-corrected chi connectivity index (χ1v) is 13.5. The van der Waals surface area contributed by atoms with Gasteiger partial charge in [0.2, 0.25) is 5.91 Å². The van der Waals surface area contributed by atoms with Gasteiger partial charge in [-0.05, 0) is 42.2 Å². The lowest BCUT2D eigenvalue weighted by molar-refractivity contribution is -0.133. The van der Waals surface area contributed by atoms with Crippen LogP contribution in [0.3, 0.4) is 0 Å². The summed E-state index contributed by atoms with van der Waals surface area (Å²) in [6.45, 7) is 5.94. The molecule has 0 aliphatic carbocycles. The standard InChI is InChI=1S/C29H32N8O3/c1-2-39-11-12-40-10-7-24(38)36-9-6-20-13-19(3-4-22(20)17-36)16-37-29-25(27(30)33-18-34-29)26(35-37)23-14-21-5-8-31-28(21)32-15-23/h3-5,8,13-15,18H,2,6-7,9-12,16-17H2,1H3,(H,31,32)(H2,30,33,34). The van der Waals surface area contributed by atoms with Gasteiger partial charge >= 0.3 is 0 Å². The smallest absolute Gasteiger partial charge is 0.225 e. The van der Waals surface area contributed by atoms with Crippen LogP contribution in [0.4, 0.5) is 5.82 Å². The fraction of sp³-hybridized carbons (Fsp3) is 0.345. The fourth-order valence-corrected chi connectivity index (χ4v) is 5.18. The van der Waals surface area contributed by atoms with Crippen molar-refractivity contribution in [1.82, 2.24) is 34.6 Å². The number of hydrogen-bond donors (Lipinski definition) is 2. The lowest BCUT2D eigenvalue weighted by atomic mass is 9.97. The summed E-state index contributed by atoms with van der Waals surface area (Å²) in [5, 5.41) is 6.63. The molecule has 1 amide bonds. The molecule has 0 unspecified atom stereocenters. The normalized spacial score (nSPS) is 13.3. The van der Waals surface area contributed by atoms with Crippen molar-refractivity contribution in [2.24, 2.45) is 0 Å². The number of aromatic nitrogens is 6. The van der Waals surface area contributed by atoms with Crippen LogP contribution in [0.2, 0.25) is 0 Å². The molecule has 3 N–H and O–H groups in total. The summed E-state index contributed by atoms with van der Waals surface area (Å²) in [5.74, 6) is 0.501. The molecule has 4 aromatic heterocycles. The van der Waals surface area contributed by atoms with Crippen molar-refractivity contribution in [2.45, 2.75) is 32.9 Å². The molecule has 5 heterocycles. The molecule has 1 aliphatic heterocycles. The van der Waals surface area contributed by atoms with Crippen molar-refractivity contribution in [3.05, 3.63) is 65.7 Å². The number of nitrogens with two attached hydrogens (primary N) is 1. The van der Waals surface area contributed by atoms with E-state index in [0.717, 1.165) is 28.6 Å². The molecular formula is C29H32N8O3. The maximum atomic E-state index is 12.7. The number of hydrogen-bond acceptors (Lipinski definition) is 8. The van der Waals surface area contributed by atoms with E-state index in [1.807, 2.05) is 34.8 Å². The maximum absolute atomic E-state index is 12.7. The van der Waals surface area contributed by atoms with Crippen molar-refractivity contribution in [2.75, 3.05) is 38.7 Å². The van der Waals surface area contributed by atoms with Gasteiger partial charge < -0.3 is 25.1 Å².